The van der Waals surface area contributed by atoms with Gasteiger partial charge in [0.1, 0.15) is 54.9 Å². The van der Waals surface area contributed by atoms with Crippen LogP contribution in [0.3, 0.4) is 0 Å². The standard InChI is InChI=1S/C57H94N12O14/c1-5-40(4)50(64-52(76)44(36-39(2)3)60-48(72)20-19-47(57(82)83)68-30-28-66(33-35-71)25-24-65(32-34-70)26-27-67(29-31-68)38-49(73)74)54(78)61-42(16-9-11-21-58)51(75)62-43(17-10-12-22-59)55(79)69-23-13-18-46(69)53(77)63-45(56(80)81)37-41-14-7-6-8-15-41/h6-8,14-15,34-35,39-40,42-47,50H,5,9-13,16-33,36-38,58-59H2,1-4H3,(H,60,72)(H,61,78)(H,62,75)(H,63,77)(H,64,76)(H,73,74)(H,80,81)(H,82,83)/t40-,42-,43-,44-,45-,46-,47?,50-/m0/s1. The Morgan fingerprint density at radius 1 is 0.627 bits per heavy atom. The molecule has 0 aliphatic carbocycles. The van der Waals surface area contributed by atoms with Gasteiger partial charge in [-0.25, -0.2) is 4.79 Å². The fourth-order valence-electron chi connectivity index (χ4n) is 10.3. The first-order valence-corrected chi connectivity index (χ1v) is 29.4. The molecule has 1 aromatic carbocycles. The van der Waals surface area contributed by atoms with Crippen molar-refractivity contribution in [3.05, 3.63) is 35.9 Å². The van der Waals surface area contributed by atoms with Crippen LogP contribution in [0.15, 0.2) is 30.3 Å². The maximum absolute atomic E-state index is 14.5. The highest BCUT2D eigenvalue weighted by atomic mass is 16.4. The molecule has 2 fully saturated rings. The van der Waals surface area contributed by atoms with E-state index in [0.717, 1.165) is 12.6 Å². The number of unbranched alkanes of at least 4 members (excludes halogenated alkanes) is 2. The number of benzene rings is 1. The second kappa shape index (κ2) is 38.4. The summed E-state index contributed by atoms with van der Waals surface area (Å²) in [4.78, 5) is 154. The number of carbonyl (C=O) groups excluding carboxylic acids is 8. The zero-order chi connectivity index (χ0) is 61.4. The van der Waals surface area contributed by atoms with Crippen molar-refractivity contribution in [2.75, 3.05) is 91.6 Å². The van der Waals surface area contributed by atoms with Gasteiger partial charge in [0.2, 0.25) is 35.4 Å². The molecular formula is C57H94N12O14. The van der Waals surface area contributed by atoms with E-state index in [0.29, 0.717) is 70.3 Å². The van der Waals surface area contributed by atoms with E-state index in [4.69, 9.17) is 11.5 Å². The highest BCUT2D eigenvalue weighted by Gasteiger charge is 2.40. The predicted octanol–water partition coefficient (Wildman–Crippen LogP) is -0.984. The molecule has 0 saturated carbocycles. The summed E-state index contributed by atoms with van der Waals surface area (Å²) in [6.45, 7) is 9.89. The van der Waals surface area contributed by atoms with Gasteiger partial charge in [0.05, 0.1) is 19.6 Å². The molecule has 6 amide bonds. The molecule has 26 heteroatoms. The lowest BCUT2D eigenvalue weighted by Crippen LogP contribution is -2.60. The molecule has 466 valence electrons. The third-order valence-electron chi connectivity index (χ3n) is 15.3. The highest BCUT2D eigenvalue weighted by molar-refractivity contribution is 5.97. The minimum absolute atomic E-state index is 0.0182. The minimum atomic E-state index is -1.27. The van der Waals surface area contributed by atoms with Crippen LogP contribution in [0.5, 0.6) is 0 Å². The molecule has 2 aliphatic rings. The second-order valence-corrected chi connectivity index (χ2v) is 22.1. The first kappa shape index (κ1) is 70.8. The summed E-state index contributed by atoms with van der Waals surface area (Å²) in [5, 5.41) is 44.1. The summed E-state index contributed by atoms with van der Waals surface area (Å²) < 4.78 is 0. The van der Waals surface area contributed by atoms with Crippen LogP contribution in [-0.2, 0) is 59.2 Å². The summed E-state index contributed by atoms with van der Waals surface area (Å²) in [7, 11) is 0. The first-order chi connectivity index (χ1) is 39.7. The van der Waals surface area contributed by atoms with Gasteiger partial charge < -0.3 is 67.9 Å². The van der Waals surface area contributed by atoms with Crippen molar-refractivity contribution in [1.29, 1.82) is 0 Å². The zero-order valence-corrected chi connectivity index (χ0v) is 49.1. The maximum Gasteiger partial charge on any atom is 0.326 e. The van der Waals surface area contributed by atoms with Crippen molar-refractivity contribution >= 4 is 65.9 Å². The Morgan fingerprint density at radius 3 is 1.72 bits per heavy atom. The number of carboxylic acids is 3. The van der Waals surface area contributed by atoms with Crippen LogP contribution < -0.4 is 38.1 Å². The minimum Gasteiger partial charge on any atom is -0.480 e. The SMILES string of the molecule is CC[C@H](C)[C@H](NC(=O)[C@H](CC(C)C)NC(=O)CCC(C(=O)O)N1CCN(CC=O)CCN(CC=O)CCN(CC(=O)O)CC1)C(=O)N[C@@H](CCCCN)C(=O)N[C@@H](CCCCN)C(=O)N1CCC[C@H]1C(=O)N[C@@H](Cc1ccccc1)C(=O)O. The normalized spacial score (nSPS) is 18.6. The van der Waals surface area contributed by atoms with Gasteiger partial charge in [0, 0.05) is 71.7 Å². The molecule has 3 rings (SSSR count). The van der Waals surface area contributed by atoms with E-state index in [-0.39, 0.29) is 116 Å². The van der Waals surface area contributed by atoms with Gasteiger partial charge in [-0.1, -0.05) is 64.4 Å². The van der Waals surface area contributed by atoms with Crippen molar-refractivity contribution in [3.63, 3.8) is 0 Å². The van der Waals surface area contributed by atoms with Gasteiger partial charge in [-0.2, -0.15) is 0 Å². The third-order valence-corrected chi connectivity index (χ3v) is 15.3. The van der Waals surface area contributed by atoms with Crippen LogP contribution in [0.25, 0.3) is 0 Å². The Hall–Kier alpha value is -6.45. The summed E-state index contributed by atoms with van der Waals surface area (Å²) in [5.74, 6) is -8.13. The second-order valence-electron chi connectivity index (χ2n) is 22.1. The van der Waals surface area contributed by atoms with E-state index >= 15 is 0 Å². The monoisotopic (exact) mass is 1170 g/mol. The van der Waals surface area contributed by atoms with E-state index in [1.165, 1.54) is 4.90 Å². The maximum atomic E-state index is 14.5. The number of nitrogens with two attached hydrogens (primary N) is 2. The van der Waals surface area contributed by atoms with Gasteiger partial charge in [-0.3, -0.25) is 58.0 Å². The Kier molecular flexibility index (Phi) is 32.8. The average Bonchev–Trinajstić information content (AvgIpc) is 4.18. The number of nitrogens with zero attached hydrogens (tertiary/aromatic N) is 5. The molecule has 1 unspecified atom stereocenters. The molecule has 2 aliphatic heterocycles. The van der Waals surface area contributed by atoms with Gasteiger partial charge >= 0.3 is 17.9 Å². The molecule has 12 N–H and O–H groups in total. The summed E-state index contributed by atoms with van der Waals surface area (Å²) in [6.07, 6.45) is 4.30. The van der Waals surface area contributed by atoms with Gasteiger partial charge in [0.15, 0.2) is 0 Å². The lowest BCUT2D eigenvalue weighted by Gasteiger charge is -2.35. The fraction of sp³-hybridized carbons (Fsp3) is 0.702. The molecule has 2 heterocycles. The topological polar surface area (TPSA) is 377 Å². The van der Waals surface area contributed by atoms with Crippen molar-refractivity contribution in [3.8, 4) is 0 Å². The van der Waals surface area contributed by atoms with Crippen LogP contribution in [-0.4, -0.2) is 240 Å². The Bertz CT molecular complexity index is 2250. The van der Waals surface area contributed by atoms with Crippen LogP contribution in [0, 0.1) is 11.8 Å². The number of hydrogen-bond donors (Lipinski definition) is 10. The number of nitrogens with one attached hydrogen (secondary N) is 5. The molecule has 0 spiro atoms. The lowest BCUT2D eigenvalue weighted by atomic mass is 9.96. The van der Waals surface area contributed by atoms with Gasteiger partial charge in [0.25, 0.3) is 0 Å². The zero-order valence-electron chi connectivity index (χ0n) is 49.1. The molecule has 83 heavy (non-hydrogen) atoms. The Morgan fingerprint density at radius 2 is 1.18 bits per heavy atom. The van der Waals surface area contributed by atoms with Crippen LogP contribution in [0.2, 0.25) is 0 Å². The summed E-state index contributed by atoms with van der Waals surface area (Å²) in [5.41, 5.74) is 12.3. The lowest BCUT2D eigenvalue weighted by molar-refractivity contribution is -0.145. The number of carbonyl (C=O) groups is 11. The quantitative estimate of drug-likeness (QED) is 0.0285. The smallest absolute Gasteiger partial charge is 0.326 e. The van der Waals surface area contributed by atoms with E-state index in [9.17, 15) is 68.1 Å². The molecule has 0 bridgehead atoms. The predicted molar refractivity (Wildman–Crippen MR) is 308 cm³/mol. The van der Waals surface area contributed by atoms with Gasteiger partial charge in [-0.15, -0.1) is 0 Å². The summed E-state index contributed by atoms with van der Waals surface area (Å²) >= 11 is 0. The molecule has 26 nitrogen and oxygen atoms in total. The van der Waals surface area contributed by atoms with Crippen LogP contribution in [0.4, 0.5) is 0 Å². The number of rotatable bonds is 36. The third kappa shape index (κ3) is 25.5. The highest BCUT2D eigenvalue weighted by Crippen LogP contribution is 2.22. The van der Waals surface area contributed by atoms with Crippen molar-refractivity contribution < 1.29 is 68.1 Å². The molecule has 0 aromatic heterocycles. The van der Waals surface area contributed by atoms with Crippen molar-refractivity contribution in [2.45, 2.75) is 153 Å². The van der Waals surface area contributed by atoms with Crippen molar-refractivity contribution in [2.24, 2.45) is 23.3 Å². The number of carboxylic acid groups (broad SMARTS) is 3. The number of hydrogen-bond acceptors (Lipinski definition) is 17. The van der Waals surface area contributed by atoms with E-state index < -0.39 is 102 Å². The van der Waals surface area contributed by atoms with E-state index in [1.54, 1.807) is 47.1 Å². The number of aliphatic carboxylic acids is 3. The number of aldehydes is 2. The Labute approximate surface area is 487 Å². The van der Waals surface area contributed by atoms with E-state index in [1.807, 2.05) is 30.6 Å². The number of likely N-dealkylation sites (tertiary alicyclic amines) is 1. The van der Waals surface area contributed by atoms with Crippen molar-refractivity contribution in [1.82, 2.24) is 51.1 Å². The summed E-state index contributed by atoms with van der Waals surface area (Å²) in [6, 6.07) is 0.543. The van der Waals surface area contributed by atoms with Gasteiger partial charge in [-0.05, 0) is 94.7 Å². The van der Waals surface area contributed by atoms with E-state index in [2.05, 4.69) is 26.6 Å². The molecule has 8 atom stereocenters. The molecular weight excluding hydrogens is 1080 g/mol. The Balaban J connectivity index is 1.82. The number of amides is 6. The fourth-order valence-corrected chi connectivity index (χ4v) is 10.3. The average molecular weight is 1170 g/mol. The first-order valence-electron chi connectivity index (χ1n) is 29.4. The molecule has 0 radical (unpaired) electrons. The molecule has 1 aromatic rings. The van der Waals surface area contributed by atoms with Crippen LogP contribution in [0.1, 0.15) is 110 Å². The largest absolute Gasteiger partial charge is 0.480 e. The molecule has 2 saturated heterocycles. The van der Waals surface area contributed by atoms with Crippen LogP contribution >= 0.6 is 0 Å².